The minimum absolute atomic E-state index is 0.0680. The van der Waals surface area contributed by atoms with Crippen molar-refractivity contribution in [1.82, 2.24) is 0 Å². The number of rotatable bonds is 72. The minimum atomic E-state index is -4.99. The van der Waals surface area contributed by atoms with E-state index in [9.17, 15) is 43.2 Å². The highest BCUT2D eigenvalue weighted by Crippen LogP contribution is 2.45. The van der Waals surface area contributed by atoms with Crippen LogP contribution < -0.4 is 0 Å². The number of allylic oxidation sites excluding steroid dienone is 24. The van der Waals surface area contributed by atoms with E-state index in [0.29, 0.717) is 32.1 Å². The molecular formula is C83H138O17P2. The predicted octanol–water partition coefficient (Wildman–Crippen LogP) is 22.7. The van der Waals surface area contributed by atoms with E-state index in [-0.39, 0.29) is 25.7 Å². The Balaban J connectivity index is 5.42. The highest BCUT2D eigenvalue weighted by Gasteiger charge is 2.30. The van der Waals surface area contributed by atoms with Crippen LogP contribution in [-0.2, 0) is 65.4 Å². The zero-order valence-corrected chi connectivity index (χ0v) is 65.3. The normalized spacial score (nSPS) is 14.7. The van der Waals surface area contributed by atoms with Crippen molar-refractivity contribution in [3.05, 3.63) is 146 Å². The number of unbranched alkanes of at least 4 members (excludes halogenated alkanes) is 22. The molecule has 0 spiro atoms. The van der Waals surface area contributed by atoms with Gasteiger partial charge in [-0.3, -0.25) is 37.3 Å². The quantitative estimate of drug-likeness (QED) is 0.0169. The Morgan fingerprint density at radius 3 is 0.833 bits per heavy atom. The number of ether oxygens (including phenoxy) is 4. The molecule has 102 heavy (non-hydrogen) atoms. The van der Waals surface area contributed by atoms with Crippen LogP contribution in [0, 0.1) is 0 Å². The van der Waals surface area contributed by atoms with Crippen molar-refractivity contribution >= 4 is 39.5 Å². The van der Waals surface area contributed by atoms with Gasteiger partial charge >= 0.3 is 39.5 Å². The van der Waals surface area contributed by atoms with E-state index in [4.69, 9.17) is 37.0 Å². The first-order chi connectivity index (χ1) is 49.7. The molecule has 5 unspecified atom stereocenters. The Morgan fingerprint density at radius 2 is 0.520 bits per heavy atom. The first kappa shape index (κ1) is 96.9. The van der Waals surface area contributed by atoms with Gasteiger partial charge in [-0.2, -0.15) is 0 Å². The van der Waals surface area contributed by atoms with Crippen molar-refractivity contribution in [2.24, 2.45) is 0 Å². The minimum Gasteiger partial charge on any atom is -0.462 e. The molecule has 17 nitrogen and oxygen atoms in total. The van der Waals surface area contributed by atoms with Crippen LogP contribution in [-0.4, -0.2) is 96.7 Å². The monoisotopic (exact) mass is 1470 g/mol. The number of aliphatic hydroxyl groups is 1. The number of phosphoric acid groups is 2. The third kappa shape index (κ3) is 73.3. The molecule has 19 heteroatoms. The molecule has 0 radical (unpaired) electrons. The molecule has 5 atom stereocenters. The van der Waals surface area contributed by atoms with Crippen molar-refractivity contribution in [3.63, 3.8) is 0 Å². The molecular weight excluding hydrogens is 1330 g/mol. The van der Waals surface area contributed by atoms with Crippen molar-refractivity contribution in [3.8, 4) is 0 Å². The maximum atomic E-state index is 13.1. The SMILES string of the molecule is CC/C=C\C/C=C\C/C=C\C/C=C\C/C=C\CCCC(=O)OCC(COP(=O)(O)OCC(O)COP(=O)(O)OCC(COC(=O)CCCCCCCCC/C=C\C/C=C\C/C=C\CC)OC(=O)CCCCCCC/C=C\C/C=C\C/C=C\CC)OC(=O)CCCCCCC/C=C\CCCCCC. The average Bonchev–Trinajstić information content (AvgIpc) is 0.908. The Kier molecular flexibility index (Phi) is 70.5. The molecule has 0 amide bonds. The van der Waals surface area contributed by atoms with Crippen molar-refractivity contribution in [1.29, 1.82) is 0 Å². The fraction of sp³-hybridized carbons (Fsp3) is 0.663. The second kappa shape index (κ2) is 74.2. The first-order valence-corrected chi connectivity index (χ1v) is 42.1. The maximum absolute atomic E-state index is 13.1. The van der Waals surface area contributed by atoms with E-state index >= 15 is 0 Å². The highest BCUT2D eigenvalue weighted by atomic mass is 31.2. The highest BCUT2D eigenvalue weighted by molar-refractivity contribution is 7.47. The van der Waals surface area contributed by atoms with Crippen LogP contribution >= 0.6 is 15.6 Å². The number of hydrogen-bond acceptors (Lipinski definition) is 15. The van der Waals surface area contributed by atoms with E-state index in [1.807, 2.05) is 12.2 Å². The van der Waals surface area contributed by atoms with Crippen molar-refractivity contribution in [2.45, 2.75) is 316 Å². The lowest BCUT2D eigenvalue weighted by Crippen LogP contribution is -2.30. The van der Waals surface area contributed by atoms with Gasteiger partial charge in [0.15, 0.2) is 12.2 Å². The standard InChI is InChI=1S/C83H138O17P2/c1-5-9-13-17-21-25-29-33-36-38-41-44-47-51-55-59-63-67-80(85)93-73-78(99-82(87)69-65-61-57-53-49-43-32-28-24-20-16-12-8-4)75-97-101(89,90)95-71-77(84)72-96-102(91,92)98-76-79(100-83(88)70-66-62-58-54-50-46-40-35-31-27-23-19-15-11-7-3)74-94-81(86)68-64-60-56-52-48-45-42-39-37-34-30-26-22-18-14-10-6-2/h9-11,13-15,21-23,25-28,32-37,40-41,44,51,55,77-79,84H,5-8,12,16-20,24,29-31,38-39,42-43,45-50,52-54,56-76H2,1-4H3,(H,89,90)(H,91,92)/b13-9-,14-10-,15-11-,25-21-,26-22-,27-23-,32-28-,36-33-,37-34-,40-35-,44-41-,55-51-. The second-order valence-corrected chi connectivity index (χ2v) is 28.4. The Hall–Kier alpha value is -5.06. The lowest BCUT2D eigenvalue weighted by Gasteiger charge is -2.21. The number of carbonyl (C=O) groups excluding carboxylic acids is 4. The number of aliphatic hydroxyl groups excluding tert-OH is 1. The average molecular weight is 1470 g/mol. The van der Waals surface area contributed by atoms with Crippen molar-refractivity contribution < 1.29 is 80.2 Å². The maximum Gasteiger partial charge on any atom is 0.472 e. The van der Waals surface area contributed by atoms with Gasteiger partial charge in [0.1, 0.15) is 19.3 Å². The molecule has 3 N–H and O–H groups in total. The van der Waals surface area contributed by atoms with E-state index in [1.54, 1.807) is 0 Å². The molecule has 0 aromatic rings. The fourth-order valence-electron chi connectivity index (χ4n) is 9.93. The summed E-state index contributed by atoms with van der Waals surface area (Å²) in [6.45, 7) is 4.41. The number of hydrogen-bond donors (Lipinski definition) is 3. The van der Waals surface area contributed by atoms with Gasteiger partial charge in [0.25, 0.3) is 0 Å². The van der Waals surface area contributed by atoms with Gasteiger partial charge < -0.3 is 33.8 Å². The molecule has 0 aromatic carbocycles. The molecule has 0 saturated carbocycles. The summed E-state index contributed by atoms with van der Waals surface area (Å²) < 4.78 is 68.5. The lowest BCUT2D eigenvalue weighted by molar-refractivity contribution is -0.161. The molecule has 0 aliphatic carbocycles. The first-order valence-electron chi connectivity index (χ1n) is 39.1. The van der Waals surface area contributed by atoms with Crippen LogP contribution in [0.3, 0.4) is 0 Å². The second-order valence-electron chi connectivity index (χ2n) is 25.5. The van der Waals surface area contributed by atoms with Gasteiger partial charge in [-0.15, -0.1) is 0 Å². The van der Waals surface area contributed by atoms with Gasteiger partial charge in [0, 0.05) is 25.7 Å². The topological polar surface area (TPSA) is 237 Å². The summed E-state index contributed by atoms with van der Waals surface area (Å²) in [6, 6.07) is 0. The van der Waals surface area contributed by atoms with E-state index in [0.717, 1.165) is 186 Å². The Labute approximate surface area is 617 Å². The summed E-state index contributed by atoms with van der Waals surface area (Å²) in [4.78, 5) is 72.9. The Bertz CT molecular complexity index is 2510. The van der Waals surface area contributed by atoms with E-state index in [1.165, 1.54) is 25.7 Å². The van der Waals surface area contributed by atoms with Crippen LogP contribution in [0.2, 0.25) is 0 Å². The Morgan fingerprint density at radius 1 is 0.284 bits per heavy atom. The molecule has 0 saturated heterocycles. The van der Waals surface area contributed by atoms with Crippen LogP contribution in [0.4, 0.5) is 0 Å². The summed E-state index contributed by atoms with van der Waals surface area (Å²) >= 11 is 0. The van der Waals surface area contributed by atoms with Gasteiger partial charge in [-0.1, -0.05) is 263 Å². The van der Waals surface area contributed by atoms with Crippen molar-refractivity contribution in [2.75, 3.05) is 39.6 Å². The molecule has 0 aromatic heterocycles. The van der Waals surface area contributed by atoms with Gasteiger partial charge in [0.2, 0.25) is 0 Å². The molecule has 0 rings (SSSR count). The lowest BCUT2D eigenvalue weighted by atomic mass is 10.1. The summed E-state index contributed by atoms with van der Waals surface area (Å²) in [5, 5.41) is 10.6. The summed E-state index contributed by atoms with van der Waals surface area (Å²) in [5.74, 6) is -2.29. The van der Waals surface area contributed by atoms with Crippen LogP contribution in [0.1, 0.15) is 297 Å². The largest absolute Gasteiger partial charge is 0.472 e. The van der Waals surface area contributed by atoms with Gasteiger partial charge in [-0.05, 0) is 154 Å². The summed E-state index contributed by atoms with van der Waals surface area (Å²) in [5.41, 5.74) is 0. The van der Waals surface area contributed by atoms with Gasteiger partial charge in [0.05, 0.1) is 26.4 Å². The molecule has 0 fully saturated rings. The molecule has 0 bridgehead atoms. The van der Waals surface area contributed by atoms with E-state index in [2.05, 4.69) is 161 Å². The molecule has 0 heterocycles. The van der Waals surface area contributed by atoms with Crippen LogP contribution in [0.15, 0.2) is 146 Å². The molecule has 0 aliphatic rings. The zero-order chi connectivity index (χ0) is 74.6. The predicted molar refractivity (Wildman–Crippen MR) is 417 cm³/mol. The molecule has 582 valence electrons. The fourth-order valence-corrected chi connectivity index (χ4v) is 11.5. The number of esters is 4. The van der Waals surface area contributed by atoms with Crippen LogP contribution in [0.25, 0.3) is 0 Å². The number of carbonyl (C=O) groups is 4. The third-order valence-electron chi connectivity index (χ3n) is 15.8. The molecule has 0 aliphatic heterocycles. The van der Waals surface area contributed by atoms with E-state index < -0.39 is 97.5 Å². The summed E-state index contributed by atoms with van der Waals surface area (Å²) in [7, 11) is -9.99. The zero-order valence-electron chi connectivity index (χ0n) is 63.5. The van der Waals surface area contributed by atoms with Gasteiger partial charge in [-0.25, -0.2) is 9.13 Å². The third-order valence-corrected chi connectivity index (χ3v) is 17.7. The van der Waals surface area contributed by atoms with Crippen LogP contribution in [0.5, 0.6) is 0 Å². The summed E-state index contributed by atoms with van der Waals surface area (Å²) in [6.07, 6.45) is 84.1. The number of phosphoric ester groups is 2. The smallest absolute Gasteiger partial charge is 0.462 e.